The van der Waals surface area contributed by atoms with E-state index in [1.54, 1.807) is 54.4 Å². The van der Waals surface area contributed by atoms with E-state index in [0.717, 1.165) is 28.9 Å². The number of ether oxygens (including phenoxy) is 4. The fourth-order valence-corrected chi connectivity index (χ4v) is 9.74. The summed E-state index contributed by atoms with van der Waals surface area (Å²) < 4.78 is 24.4. The number of para-hydroxylation sites is 2. The van der Waals surface area contributed by atoms with Crippen LogP contribution in [0.4, 0.5) is 28.4 Å². The summed E-state index contributed by atoms with van der Waals surface area (Å²) in [7, 11) is 3.01. The van der Waals surface area contributed by atoms with Crippen molar-refractivity contribution in [2.75, 3.05) is 41.2 Å². The number of methoxy groups -OCH3 is 2. The predicted octanol–water partition coefficient (Wildman–Crippen LogP) is 7.63. The molecule has 0 bridgehead atoms. The van der Waals surface area contributed by atoms with Gasteiger partial charge >= 0.3 is 0 Å². The Kier molecular flexibility index (Phi) is 14.8. The van der Waals surface area contributed by atoms with Crippen LogP contribution in [0.2, 0.25) is 0 Å². The number of nitrogens with zero attached hydrogens (tertiary/aromatic N) is 3. The Morgan fingerprint density at radius 1 is 0.699 bits per heavy atom. The molecule has 0 unspecified atom stereocenters. The molecule has 5 aromatic carbocycles. The molecule has 0 aromatic heterocycles. The van der Waals surface area contributed by atoms with Crippen LogP contribution >= 0.6 is 0 Å². The largest absolute Gasteiger partial charge is 0.493 e. The average molecular weight is 990 g/mol. The number of benzene rings is 5. The van der Waals surface area contributed by atoms with Crippen molar-refractivity contribution in [2.45, 2.75) is 103 Å². The molecule has 378 valence electrons. The van der Waals surface area contributed by atoms with E-state index in [0.29, 0.717) is 101 Å². The lowest BCUT2D eigenvalue weighted by Gasteiger charge is -2.22. The third-order valence-electron chi connectivity index (χ3n) is 13.6. The summed E-state index contributed by atoms with van der Waals surface area (Å²) in [5, 5.41) is 11.7. The van der Waals surface area contributed by atoms with Crippen LogP contribution in [-0.2, 0) is 45.2 Å². The summed E-state index contributed by atoms with van der Waals surface area (Å²) in [5.41, 5.74) is 7.44. The first-order valence-corrected chi connectivity index (χ1v) is 24.7. The Hall–Kier alpha value is -8.21. The Labute approximate surface area is 423 Å². The van der Waals surface area contributed by atoms with E-state index >= 15 is 0 Å². The molecule has 5 amide bonds. The number of aliphatic imine (C=N–C) groups is 1. The third kappa shape index (κ3) is 10.7. The first-order chi connectivity index (χ1) is 35.3. The van der Waals surface area contributed by atoms with Crippen LogP contribution in [0.5, 0.6) is 23.0 Å². The predicted molar refractivity (Wildman–Crippen MR) is 277 cm³/mol. The lowest BCUT2D eigenvalue weighted by Crippen LogP contribution is -2.50. The minimum Gasteiger partial charge on any atom is -0.493 e. The van der Waals surface area contributed by atoms with Gasteiger partial charge in [-0.15, -0.1) is 0 Å². The van der Waals surface area contributed by atoms with E-state index in [9.17, 15) is 28.8 Å². The minimum atomic E-state index is -1.01. The molecule has 4 aliphatic rings. The zero-order chi connectivity index (χ0) is 51.3. The fourth-order valence-electron chi connectivity index (χ4n) is 9.74. The fraction of sp³-hybridized carbons (Fsp3) is 0.339. The van der Waals surface area contributed by atoms with Crippen LogP contribution in [0.25, 0.3) is 0 Å². The second kappa shape index (κ2) is 21.6. The van der Waals surface area contributed by atoms with Crippen molar-refractivity contribution < 1.29 is 47.7 Å². The van der Waals surface area contributed by atoms with E-state index in [1.165, 1.54) is 28.1 Å². The second-order valence-corrected chi connectivity index (χ2v) is 18.7. The van der Waals surface area contributed by atoms with Crippen LogP contribution in [0.1, 0.15) is 95.8 Å². The lowest BCUT2D eigenvalue weighted by molar-refractivity contribution is -0.130. The molecule has 5 aromatic rings. The molecule has 0 saturated heterocycles. The van der Waals surface area contributed by atoms with Gasteiger partial charge in [0.05, 0.1) is 48.8 Å². The number of amides is 5. The van der Waals surface area contributed by atoms with Gasteiger partial charge in [0.15, 0.2) is 23.0 Å². The van der Waals surface area contributed by atoms with Crippen molar-refractivity contribution in [3.05, 3.63) is 124 Å². The molecule has 4 heterocycles. The average Bonchev–Trinajstić information content (AvgIpc) is 3.89. The molecule has 0 saturated carbocycles. The topological polar surface area (TPSA) is 206 Å². The summed E-state index contributed by atoms with van der Waals surface area (Å²) in [4.78, 5) is 87.6. The number of anilines is 4. The molecule has 0 spiro atoms. The number of rotatable bonds is 19. The first kappa shape index (κ1) is 49.8. The maximum atomic E-state index is 14.1. The highest BCUT2D eigenvalue weighted by Gasteiger charge is 2.39. The number of fused-ring (bicyclic) bond motifs is 8. The maximum Gasteiger partial charge on any atom is 0.261 e. The normalized spacial score (nSPS) is 16.7. The van der Waals surface area contributed by atoms with E-state index in [4.69, 9.17) is 23.9 Å². The molecule has 0 fully saturated rings. The lowest BCUT2D eigenvalue weighted by atomic mass is 10.1. The summed E-state index contributed by atoms with van der Waals surface area (Å²) in [6.07, 6.45) is 5.31. The number of nitrogens with one attached hydrogen (secondary N) is 4. The van der Waals surface area contributed by atoms with Crippen LogP contribution in [0, 0.1) is 0 Å². The summed E-state index contributed by atoms with van der Waals surface area (Å²) in [6.45, 7) is 5.40. The van der Waals surface area contributed by atoms with Gasteiger partial charge in [0.2, 0.25) is 17.7 Å². The van der Waals surface area contributed by atoms with Crippen molar-refractivity contribution >= 4 is 70.0 Å². The molecule has 4 N–H and O–H groups in total. The molecular weight excluding hydrogens is 931 g/mol. The molecule has 17 heteroatoms. The van der Waals surface area contributed by atoms with E-state index in [2.05, 4.69) is 21.3 Å². The number of hydrogen-bond acceptors (Lipinski definition) is 12. The third-order valence-corrected chi connectivity index (χ3v) is 13.6. The molecule has 0 radical (unpaired) electrons. The summed E-state index contributed by atoms with van der Waals surface area (Å²) >= 11 is 0. The van der Waals surface area contributed by atoms with Crippen molar-refractivity contribution in [1.82, 2.24) is 10.6 Å². The highest BCUT2D eigenvalue weighted by molar-refractivity contribution is 6.15. The Balaban J connectivity index is 0.931. The number of ketones is 1. The first-order valence-electron chi connectivity index (χ1n) is 24.7. The highest BCUT2D eigenvalue weighted by atomic mass is 16.5. The van der Waals surface area contributed by atoms with Gasteiger partial charge in [-0.05, 0) is 97.8 Å². The summed E-state index contributed by atoms with van der Waals surface area (Å²) in [6, 6.07) is 25.6. The van der Waals surface area contributed by atoms with Gasteiger partial charge in [0.1, 0.15) is 31.1 Å². The van der Waals surface area contributed by atoms with Gasteiger partial charge in [-0.2, -0.15) is 0 Å². The molecule has 4 aliphatic heterocycles. The monoisotopic (exact) mass is 989 g/mol. The Morgan fingerprint density at radius 2 is 1.30 bits per heavy atom. The smallest absolute Gasteiger partial charge is 0.261 e. The second-order valence-electron chi connectivity index (χ2n) is 18.7. The van der Waals surface area contributed by atoms with Crippen LogP contribution in [-0.4, -0.2) is 86.5 Å². The molecular formula is C56H59N7O10. The zero-order valence-corrected chi connectivity index (χ0v) is 41.5. The number of carbonyl (C=O) groups is 6. The highest BCUT2D eigenvalue weighted by Crippen LogP contribution is 2.43. The number of unbranched alkanes of at least 4 members (excludes halogenated alkanes) is 1. The molecule has 73 heavy (non-hydrogen) atoms. The van der Waals surface area contributed by atoms with Crippen molar-refractivity contribution in [3.63, 3.8) is 0 Å². The van der Waals surface area contributed by atoms with E-state index in [1.807, 2.05) is 59.5 Å². The number of hydrogen-bond donors (Lipinski definition) is 4. The summed E-state index contributed by atoms with van der Waals surface area (Å²) in [5.74, 6) is -0.191. The van der Waals surface area contributed by atoms with Crippen molar-refractivity contribution in [1.29, 1.82) is 0 Å². The van der Waals surface area contributed by atoms with Crippen LogP contribution in [0.15, 0.2) is 96.0 Å². The molecule has 17 nitrogen and oxygen atoms in total. The van der Waals surface area contributed by atoms with Gasteiger partial charge in [-0.25, -0.2) is 0 Å². The van der Waals surface area contributed by atoms with E-state index < -0.39 is 23.9 Å². The molecule has 4 atom stereocenters. The standard InChI is InChI=1S/C56H59N7O10/c1-6-41(64)15-9-12-18-52(65)59-32(2)53(66)60-33(3)54(67)61-38-20-34(30-72-50-26-44-42(24-48(50)70-4)55(68)62-39(28-57-44)22-36-13-7-10-16-46(36)62)19-35(21-38)31-73-51-27-45-43(25-49(51)71-5)56(69)63-40(29-58-45)23-37-14-8-11-17-47(37)63/h7-8,10-11,13-14,16-17,19-21,24-28,32-33,39-40,58H,6,9,12,15,18,22-23,29-31H2,1-5H3,(H,59,65)(H,60,66)(H,61,67)/t32-,33-,39-,40-/m0/s1. The zero-order valence-electron chi connectivity index (χ0n) is 41.5. The van der Waals surface area contributed by atoms with Gasteiger partial charge in [-0.3, -0.25) is 38.7 Å². The maximum absolute atomic E-state index is 14.1. The number of carbonyl (C=O) groups excluding carboxylic acids is 6. The van der Waals surface area contributed by atoms with Gasteiger partial charge in [-0.1, -0.05) is 43.3 Å². The Morgan fingerprint density at radius 3 is 1.99 bits per heavy atom. The van der Waals surface area contributed by atoms with Gasteiger partial charge < -0.3 is 45.1 Å². The van der Waals surface area contributed by atoms with Crippen molar-refractivity contribution in [2.24, 2.45) is 4.99 Å². The van der Waals surface area contributed by atoms with Gasteiger partial charge in [0, 0.05) is 67.6 Å². The van der Waals surface area contributed by atoms with Crippen LogP contribution in [0.3, 0.4) is 0 Å². The number of Topliss-reactive ketones (excluding diaryl/α,β-unsaturated/α-hetero) is 1. The van der Waals surface area contributed by atoms with Crippen LogP contribution < -0.4 is 50.0 Å². The SMILES string of the molecule is CCC(=O)CCCCC(=O)N[C@@H](C)C(=O)N[C@@H](C)C(=O)Nc1cc(COc2cc3c(cc2OC)C(=O)N2c4ccccc4C[C@H]2C=N3)cc(COc2cc3c(cc2OC)C(=O)N2c4ccccc4C[C@H]2CN3)c1. The van der Waals surface area contributed by atoms with E-state index in [-0.39, 0.29) is 55.2 Å². The van der Waals surface area contributed by atoms with Gasteiger partial charge in [0.25, 0.3) is 11.8 Å². The Bertz CT molecular complexity index is 3030. The molecule has 9 rings (SSSR count). The molecule has 0 aliphatic carbocycles. The minimum absolute atomic E-state index is 0.000129. The van der Waals surface area contributed by atoms with Crippen molar-refractivity contribution in [3.8, 4) is 23.0 Å². The quantitative estimate of drug-likeness (QED) is 0.0592.